The Labute approximate surface area is 132 Å². The van der Waals surface area contributed by atoms with Crippen molar-refractivity contribution in [3.8, 4) is 0 Å². The van der Waals surface area contributed by atoms with Crippen molar-refractivity contribution >= 4 is 5.69 Å². The number of nitrogens with one attached hydrogen (secondary N) is 1. The molecule has 110 valence electrons. The fourth-order valence-corrected chi connectivity index (χ4v) is 2.57. The molecule has 0 saturated heterocycles. The van der Waals surface area contributed by atoms with Gasteiger partial charge < -0.3 is 5.32 Å². The van der Waals surface area contributed by atoms with E-state index in [1.807, 2.05) is 0 Å². The van der Waals surface area contributed by atoms with Crippen LogP contribution in [-0.2, 0) is 12.8 Å². The van der Waals surface area contributed by atoms with E-state index >= 15 is 0 Å². The maximum absolute atomic E-state index is 3.48. The highest BCUT2D eigenvalue weighted by Crippen LogP contribution is 2.13. The molecular weight excluding hydrogens is 266 g/mol. The van der Waals surface area contributed by atoms with Gasteiger partial charge in [0, 0.05) is 12.2 Å². The van der Waals surface area contributed by atoms with Crippen LogP contribution in [0.15, 0.2) is 84.9 Å². The highest BCUT2D eigenvalue weighted by Gasteiger charge is 1.97. The molecule has 3 aromatic carbocycles. The molecule has 0 radical (unpaired) electrons. The number of benzene rings is 3. The van der Waals surface area contributed by atoms with Crippen LogP contribution in [-0.4, -0.2) is 6.54 Å². The summed E-state index contributed by atoms with van der Waals surface area (Å²) in [6.45, 7) is 0.960. The van der Waals surface area contributed by atoms with Gasteiger partial charge >= 0.3 is 0 Å². The van der Waals surface area contributed by atoms with E-state index in [2.05, 4.69) is 90.2 Å². The number of hydrogen-bond acceptors (Lipinski definition) is 1. The molecule has 1 heteroatoms. The average Bonchev–Trinajstić information content (AvgIpc) is 2.58. The molecule has 0 aliphatic carbocycles. The summed E-state index contributed by atoms with van der Waals surface area (Å²) in [4.78, 5) is 0. The minimum absolute atomic E-state index is 0.960. The van der Waals surface area contributed by atoms with Crippen LogP contribution >= 0.6 is 0 Å². The summed E-state index contributed by atoms with van der Waals surface area (Å²) in [5.41, 5.74) is 5.26. The minimum atomic E-state index is 0.960. The van der Waals surface area contributed by atoms with Gasteiger partial charge in [0.1, 0.15) is 0 Å². The Balaban J connectivity index is 1.51. The first kappa shape index (κ1) is 14.4. The van der Waals surface area contributed by atoms with E-state index in [4.69, 9.17) is 0 Å². The summed E-state index contributed by atoms with van der Waals surface area (Å²) >= 11 is 0. The summed E-state index contributed by atoms with van der Waals surface area (Å²) in [6, 6.07) is 29.9. The zero-order valence-corrected chi connectivity index (χ0v) is 12.7. The molecule has 1 N–H and O–H groups in total. The van der Waals surface area contributed by atoms with Gasteiger partial charge in [0.15, 0.2) is 0 Å². The molecule has 0 unspecified atom stereocenters. The molecule has 0 aliphatic heterocycles. The first-order chi connectivity index (χ1) is 10.9. The molecule has 1 nitrogen and oxygen atoms in total. The normalized spacial score (nSPS) is 10.4. The lowest BCUT2D eigenvalue weighted by Gasteiger charge is -2.08. The highest BCUT2D eigenvalue weighted by atomic mass is 14.9. The van der Waals surface area contributed by atoms with Gasteiger partial charge in [-0.15, -0.1) is 0 Å². The van der Waals surface area contributed by atoms with E-state index in [0.717, 1.165) is 19.4 Å². The molecule has 0 fully saturated rings. The first-order valence-corrected chi connectivity index (χ1v) is 7.81. The molecule has 0 amide bonds. The van der Waals surface area contributed by atoms with Crippen LogP contribution in [0.25, 0.3) is 0 Å². The SMILES string of the molecule is c1ccc(CCNc2ccc(Cc3ccccc3)cc2)cc1. The van der Waals surface area contributed by atoms with E-state index in [0.29, 0.717) is 0 Å². The van der Waals surface area contributed by atoms with Crippen molar-refractivity contribution in [2.24, 2.45) is 0 Å². The zero-order valence-electron chi connectivity index (χ0n) is 12.7. The van der Waals surface area contributed by atoms with Crippen LogP contribution in [0.1, 0.15) is 16.7 Å². The third-order valence-electron chi connectivity index (χ3n) is 3.79. The lowest BCUT2D eigenvalue weighted by atomic mass is 10.0. The van der Waals surface area contributed by atoms with E-state index in [9.17, 15) is 0 Å². The summed E-state index contributed by atoms with van der Waals surface area (Å²) < 4.78 is 0. The number of hydrogen-bond donors (Lipinski definition) is 1. The molecule has 0 saturated carbocycles. The molecule has 0 atom stereocenters. The predicted octanol–water partition coefficient (Wildman–Crippen LogP) is 4.93. The fraction of sp³-hybridized carbons (Fsp3) is 0.143. The Morgan fingerprint density at radius 3 is 1.73 bits per heavy atom. The zero-order chi connectivity index (χ0) is 15.0. The molecule has 0 heterocycles. The van der Waals surface area contributed by atoms with Crippen LogP contribution in [0, 0.1) is 0 Å². The Hall–Kier alpha value is -2.54. The Bertz CT molecular complexity index is 672. The van der Waals surface area contributed by atoms with Crippen LogP contribution in [0.2, 0.25) is 0 Å². The van der Waals surface area contributed by atoms with Gasteiger partial charge in [-0.1, -0.05) is 72.8 Å². The first-order valence-electron chi connectivity index (χ1n) is 7.81. The molecule has 0 aromatic heterocycles. The second-order valence-electron chi connectivity index (χ2n) is 5.52. The van der Waals surface area contributed by atoms with Gasteiger partial charge in [0.2, 0.25) is 0 Å². The van der Waals surface area contributed by atoms with Crippen molar-refractivity contribution in [1.29, 1.82) is 0 Å². The second kappa shape index (κ2) is 7.46. The molecule has 0 spiro atoms. The maximum atomic E-state index is 3.48. The highest BCUT2D eigenvalue weighted by molar-refractivity contribution is 5.45. The van der Waals surface area contributed by atoms with Crippen LogP contribution in [0.3, 0.4) is 0 Å². The molecular formula is C21H21N. The van der Waals surface area contributed by atoms with E-state index in [-0.39, 0.29) is 0 Å². The molecule has 0 aliphatic rings. The standard InChI is InChI=1S/C21H21N/c1-3-7-18(8-4-1)15-16-22-21-13-11-20(12-14-21)17-19-9-5-2-6-10-19/h1-14,22H,15-17H2. The third kappa shape index (κ3) is 4.23. The van der Waals surface area contributed by atoms with Gasteiger partial charge in [-0.3, -0.25) is 0 Å². The van der Waals surface area contributed by atoms with Crippen molar-refractivity contribution in [3.05, 3.63) is 102 Å². The van der Waals surface area contributed by atoms with Crippen molar-refractivity contribution in [1.82, 2.24) is 0 Å². The van der Waals surface area contributed by atoms with Gasteiger partial charge in [-0.2, -0.15) is 0 Å². The minimum Gasteiger partial charge on any atom is -0.385 e. The lowest BCUT2D eigenvalue weighted by molar-refractivity contribution is 1.02. The monoisotopic (exact) mass is 287 g/mol. The summed E-state index contributed by atoms with van der Waals surface area (Å²) in [7, 11) is 0. The van der Waals surface area contributed by atoms with Crippen LogP contribution in [0.5, 0.6) is 0 Å². The number of anilines is 1. The molecule has 3 aromatic rings. The summed E-state index contributed by atoms with van der Waals surface area (Å²) in [6.07, 6.45) is 2.04. The van der Waals surface area contributed by atoms with Crippen molar-refractivity contribution in [2.45, 2.75) is 12.8 Å². The average molecular weight is 287 g/mol. The molecule has 22 heavy (non-hydrogen) atoms. The lowest BCUT2D eigenvalue weighted by Crippen LogP contribution is -2.04. The number of rotatable bonds is 6. The van der Waals surface area contributed by atoms with E-state index in [1.54, 1.807) is 0 Å². The topological polar surface area (TPSA) is 12.0 Å². The molecule has 3 rings (SSSR count). The van der Waals surface area contributed by atoms with Crippen LogP contribution in [0.4, 0.5) is 5.69 Å². The van der Waals surface area contributed by atoms with Crippen molar-refractivity contribution < 1.29 is 0 Å². The van der Waals surface area contributed by atoms with Gasteiger partial charge in [0.25, 0.3) is 0 Å². The van der Waals surface area contributed by atoms with Crippen molar-refractivity contribution in [2.75, 3.05) is 11.9 Å². The maximum Gasteiger partial charge on any atom is 0.0340 e. The predicted molar refractivity (Wildman–Crippen MR) is 94.3 cm³/mol. The van der Waals surface area contributed by atoms with Crippen molar-refractivity contribution in [3.63, 3.8) is 0 Å². The Morgan fingerprint density at radius 1 is 0.545 bits per heavy atom. The van der Waals surface area contributed by atoms with Gasteiger partial charge in [-0.05, 0) is 41.7 Å². The Morgan fingerprint density at radius 2 is 1.09 bits per heavy atom. The third-order valence-corrected chi connectivity index (χ3v) is 3.79. The molecule has 0 bridgehead atoms. The van der Waals surface area contributed by atoms with Gasteiger partial charge in [0.05, 0.1) is 0 Å². The summed E-state index contributed by atoms with van der Waals surface area (Å²) in [5.74, 6) is 0. The summed E-state index contributed by atoms with van der Waals surface area (Å²) in [5, 5.41) is 3.48. The fourth-order valence-electron chi connectivity index (χ4n) is 2.57. The smallest absolute Gasteiger partial charge is 0.0340 e. The van der Waals surface area contributed by atoms with E-state index < -0.39 is 0 Å². The quantitative estimate of drug-likeness (QED) is 0.677. The second-order valence-corrected chi connectivity index (χ2v) is 5.52. The largest absolute Gasteiger partial charge is 0.385 e. The Kier molecular flexibility index (Phi) is 4.88. The van der Waals surface area contributed by atoms with E-state index in [1.165, 1.54) is 22.4 Å². The van der Waals surface area contributed by atoms with Crippen LogP contribution < -0.4 is 5.32 Å². The van der Waals surface area contributed by atoms with Gasteiger partial charge in [-0.25, -0.2) is 0 Å².